The predicted octanol–water partition coefficient (Wildman–Crippen LogP) is 0.444. The van der Waals surface area contributed by atoms with Gasteiger partial charge in [-0.3, -0.25) is 0 Å². The minimum Gasteiger partial charge on any atom is -0.416 e. The molecule has 5 nitrogen and oxygen atoms in total. The number of methoxy groups -OCH3 is 1. The Morgan fingerprint density at radius 1 is 1.62 bits per heavy atom. The van der Waals surface area contributed by atoms with Gasteiger partial charge in [-0.05, 0) is 0 Å². The third-order valence-electron chi connectivity index (χ3n) is 1.31. The first kappa shape index (κ1) is 10.5. The maximum atomic E-state index is 5.70. The molecule has 0 aliphatic carbocycles. The van der Waals surface area contributed by atoms with Gasteiger partial charge in [0.05, 0.1) is 6.61 Å². The van der Waals surface area contributed by atoms with Crippen LogP contribution in [0.3, 0.4) is 0 Å². The molecular formula is C7H13N3O2S. The lowest BCUT2D eigenvalue weighted by Crippen LogP contribution is -2.28. The summed E-state index contributed by atoms with van der Waals surface area (Å²) in [7, 11) is 1.63. The molecular weight excluding hydrogens is 190 g/mol. The first-order valence-corrected chi connectivity index (χ1v) is 4.88. The lowest BCUT2D eigenvalue weighted by atomic mass is 10.4. The summed E-state index contributed by atoms with van der Waals surface area (Å²) >= 11 is 1.44. The van der Waals surface area contributed by atoms with Gasteiger partial charge in [-0.1, -0.05) is 11.8 Å². The quantitative estimate of drug-likeness (QED) is 0.700. The fourth-order valence-corrected chi connectivity index (χ4v) is 1.51. The summed E-state index contributed by atoms with van der Waals surface area (Å²) in [6, 6.07) is 0.00204. The number of hydrogen-bond donors (Lipinski definition) is 1. The summed E-state index contributed by atoms with van der Waals surface area (Å²) in [4.78, 5) is 0. The molecule has 0 amide bonds. The molecule has 0 saturated carbocycles. The van der Waals surface area contributed by atoms with Gasteiger partial charge in [0.1, 0.15) is 0 Å². The molecule has 74 valence electrons. The first-order chi connectivity index (χ1) is 6.22. The Bertz CT molecular complexity index is 254. The van der Waals surface area contributed by atoms with E-state index in [-0.39, 0.29) is 6.04 Å². The molecule has 1 unspecified atom stereocenters. The highest BCUT2D eigenvalue weighted by Gasteiger charge is 2.07. The summed E-state index contributed by atoms with van der Waals surface area (Å²) in [5.74, 6) is 1.29. The van der Waals surface area contributed by atoms with Crippen LogP contribution in [-0.2, 0) is 4.74 Å². The van der Waals surface area contributed by atoms with Crippen LogP contribution >= 0.6 is 11.8 Å². The van der Waals surface area contributed by atoms with E-state index >= 15 is 0 Å². The molecule has 6 heteroatoms. The van der Waals surface area contributed by atoms with Crippen LogP contribution in [0, 0.1) is 6.92 Å². The average Bonchev–Trinajstić information content (AvgIpc) is 2.49. The van der Waals surface area contributed by atoms with Crippen LogP contribution in [0.1, 0.15) is 5.89 Å². The monoisotopic (exact) mass is 203 g/mol. The molecule has 0 saturated heterocycles. The molecule has 1 aromatic heterocycles. The second-order valence-electron chi connectivity index (χ2n) is 2.61. The Kier molecular flexibility index (Phi) is 4.20. The van der Waals surface area contributed by atoms with Gasteiger partial charge < -0.3 is 14.9 Å². The van der Waals surface area contributed by atoms with E-state index in [2.05, 4.69) is 10.2 Å². The highest BCUT2D eigenvalue weighted by molar-refractivity contribution is 7.99. The Labute approximate surface area is 81.0 Å². The van der Waals surface area contributed by atoms with E-state index in [1.807, 2.05) is 0 Å². The summed E-state index contributed by atoms with van der Waals surface area (Å²) in [6.07, 6.45) is 0. The van der Waals surface area contributed by atoms with Gasteiger partial charge in [0, 0.05) is 25.8 Å². The Morgan fingerprint density at radius 3 is 2.92 bits per heavy atom. The van der Waals surface area contributed by atoms with Gasteiger partial charge in [-0.25, -0.2) is 0 Å². The van der Waals surface area contributed by atoms with Crippen molar-refractivity contribution in [3.05, 3.63) is 5.89 Å². The number of nitrogens with zero attached hydrogens (tertiary/aromatic N) is 2. The van der Waals surface area contributed by atoms with Crippen molar-refractivity contribution in [2.75, 3.05) is 19.5 Å². The maximum Gasteiger partial charge on any atom is 0.276 e. The topological polar surface area (TPSA) is 74.2 Å². The lowest BCUT2D eigenvalue weighted by Gasteiger charge is -2.06. The van der Waals surface area contributed by atoms with Crippen LogP contribution in [0.2, 0.25) is 0 Å². The lowest BCUT2D eigenvalue weighted by molar-refractivity contribution is 0.186. The van der Waals surface area contributed by atoms with Crippen molar-refractivity contribution in [2.24, 2.45) is 5.73 Å². The molecule has 13 heavy (non-hydrogen) atoms. The van der Waals surface area contributed by atoms with Gasteiger partial charge in [-0.2, -0.15) is 0 Å². The van der Waals surface area contributed by atoms with E-state index in [1.165, 1.54) is 11.8 Å². The molecule has 1 aromatic rings. The van der Waals surface area contributed by atoms with Crippen molar-refractivity contribution in [3.8, 4) is 0 Å². The summed E-state index contributed by atoms with van der Waals surface area (Å²) < 4.78 is 10.0. The molecule has 1 heterocycles. The summed E-state index contributed by atoms with van der Waals surface area (Å²) in [5, 5.41) is 8.09. The van der Waals surface area contributed by atoms with Gasteiger partial charge in [0.15, 0.2) is 0 Å². The van der Waals surface area contributed by atoms with Gasteiger partial charge >= 0.3 is 0 Å². The number of hydrogen-bond acceptors (Lipinski definition) is 6. The zero-order valence-electron chi connectivity index (χ0n) is 7.69. The molecule has 0 radical (unpaired) electrons. The number of ether oxygens (including phenoxy) is 1. The van der Waals surface area contributed by atoms with Crippen LogP contribution in [0.25, 0.3) is 0 Å². The third kappa shape index (κ3) is 3.75. The predicted molar refractivity (Wildman–Crippen MR) is 49.6 cm³/mol. The average molecular weight is 203 g/mol. The zero-order valence-corrected chi connectivity index (χ0v) is 8.50. The van der Waals surface area contributed by atoms with Crippen LogP contribution in [0.15, 0.2) is 9.64 Å². The van der Waals surface area contributed by atoms with Crippen molar-refractivity contribution >= 4 is 11.8 Å². The SMILES string of the molecule is COCC(N)CSc1nnc(C)o1. The van der Waals surface area contributed by atoms with Crippen LogP contribution in [-0.4, -0.2) is 35.7 Å². The standard InChI is InChI=1S/C7H13N3O2S/c1-5-9-10-7(12-5)13-4-6(8)3-11-2/h6H,3-4,8H2,1-2H3. The summed E-state index contributed by atoms with van der Waals surface area (Å²) in [5.41, 5.74) is 5.70. The molecule has 0 aliphatic rings. The molecule has 1 atom stereocenters. The van der Waals surface area contributed by atoms with Crippen molar-refractivity contribution in [3.63, 3.8) is 0 Å². The Morgan fingerprint density at radius 2 is 2.38 bits per heavy atom. The smallest absolute Gasteiger partial charge is 0.276 e. The normalized spacial score (nSPS) is 13.2. The second kappa shape index (κ2) is 5.21. The van der Waals surface area contributed by atoms with E-state index < -0.39 is 0 Å². The third-order valence-corrected chi connectivity index (χ3v) is 2.32. The van der Waals surface area contributed by atoms with E-state index in [0.29, 0.717) is 17.7 Å². The first-order valence-electron chi connectivity index (χ1n) is 3.90. The van der Waals surface area contributed by atoms with Gasteiger partial charge in [0.2, 0.25) is 5.89 Å². The van der Waals surface area contributed by atoms with Crippen molar-refractivity contribution in [1.82, 2.24) is 10.2 Å². The highest BCUT2D eigenvalue weighted by atomic mass is 32.2. The largest absolute Gasteiger partial charge is 0.416 e. The number of aryl methyl sites for hydroxylation is 1. The van der Waals surface area contributed by atoms with Crippen molar-refractivity contribution in [1.29, 1.82) is 0 Å². The highest BCUT2D eigenvalue weighted by Crippen LogP contribution is 2.15. The fraction of sp³-hybridized carbons (Fsp3) is 0.714. The van der Waals surface area contributed by atoms with Gasteiger partial charge in [0.25, 0.3) is 5.22 Å². The minimum atomic E-state index is 0.00204. The second-order valence-corrected chi connectivity index (χ2v) is 3.58. The van der Waals surface area contributed by atoms with E-state index in [1.54, 1.807) is 14.0 Å². The molecule has 0 aromatic carbocycles. The van der Waals surface area contributed by atoms with Crippen molar-refractivity contribution in [2.45, 2.75) is 18.2 Å². The van der Waals surface area contributed by atoms with Crippen molar-refractivity contribution < 1.29 is 9.15 Å². The minimum absolute atomic E-state index is 0.00204. The van der Waals surface area contributed by atoms with Crippen LogP contribution < -0.4 is 5.73 Å². The fourth-order valence-electron chi connectivity index (χ4n) is 0.777. The molecule has 0 bridgehead atoms. The zero-order chi connectivity index (χ0) is 9.68. The number of nitrogens with two attached hydrogens (primary N) is 1. The van der Waals surface area contributed by atoms with E-state index in [4.69, 9.17) is 14.9 Å². The molecule has 2 N–H and O–H groups in total. The Hall–Kier alpha value is -0.590. The van der Waals surface area contributed by atoms with Crippen LogP contribution in [0.4, 0.5) is 0 Å². The molecule has 0 fully saturated rings. The molecule has 0 spiro atoms. The van der Waals surface area contributed by atoms with E-state index in [0.717, 1.165) is 5.75 Å². The number of aromatic nitrogens is 2. The molecule has 1 rings (SSSR count). The molecule has 0 aliphatic heterocycles. The van der Waals surface area contributed by atoms with Gasteiger partial charge in [-0.15, -0.1) is 10.2 Å². The summed E-state index contributed by atoms with van der Waals surface area (Å²) in [6.45, 7) is 2.30. The number of rotatable bonds is 5. The van der Waals surface area contributed by atoms with E-state index in [9.17, 15) is 0 Å². The number of thioether (sulfide) groups is 1. The Balaban J connectivity index is 2.26. The van der Waals surface area contributed by atoms with Crippen LogP contribution in [0.5, 0.6) is 0 Å². The maximum absolute atomic E-state index is 5.70.